The lowest BCUT2D eigenvalue weighted by Gasteiger charge is -2.59. The standard InChI is InChI=1S/C24H36O5/c1-15(25)28-14-24-12-7-18(29-16(2)26)13-17(24)5-6-19-20-9-11-23(4,27)22(20,3)10-8-21(19)24/h5,18-21,27H,6-14H2,1-4H3/t18-,19-,20-,21-,22-,23-,24+/m0/s1. The van der Waals surface area contributed by atoms with E-state index in [4.69, 9.17) is 9.47 Å². The maximum atomic E-state index is 11.7. The third kappa shape index (κ3) is 3.24. The molecule has 0 unspecified atom stereocenters. The molecule has 0 aromatic carbocycles. The molecule has 5 heteroatoms. The van der Waals surface area contributed by atoms with Crippen LogP contribution in [0.4, 0.5) is 0 Å². The lowest BCUT2D eigenvalue weighted by atomic mass is 9.46. The van der Waals surface area contributed by atoms with E-state index in [1.807, 2.05) is 6.92 Å². The molecule has 5 nitrogen and oxygen atoms in total. The number of rotatable bonds is 3. The van der Waals surface area contributed by atoms with Gasteiger partial charge in [0.25, 0.3) is 0 Å². The van der Waals surface area contributed by atoms with Gasteiger partial charge in [-0.3, -0.25) is 9.59 Å². The Labute approximate surface area is 174 Å². The molecule has 0 radical (unpaired) electrons. The van der Waals surface area contributed by atoms with Gasteiger partial charge in [0.2, 0.25) is 0 Å². The minimum atomic E-state index is -0.595. The van der Waals surface area contributed by atoms with E-state index in [9.17, 15) is 14.7 Å². The minimum absolute atomic E-state index is 0.0307. The smallest absolute Gasteiger partial charge is 0.302 e. The van der Waals surface area contributed by atoms with Crippen molar-refractivity contribution >= 4 is 11.9 Å². The van der Waals surface area contributed by atoms with Crippen LogP contribution in [-0.2, 0) is 19.1 Å². The predicted octanol–water partition coefficient (Wildman–Crippen LogP) is 4.18. The fourth-order valence-corrected chi connectivity index (χ4v) is 7.50. The Hall–Kier alpha value is -1.36. The van der Waals surface area contributed by atoms with Gasteiger partial charge in [0.1, 0.15) is 12.7 Å². The number of carbonyl (C=O) groups excluding carboxylic acids is 2. The Morgan fingerprint density at radius 1 is 1.07 bits per heavy atom. The molecule has 1 N–H and O–H groups in total. The fraction of sp³-hybridized carbons (Fsp3) is 0.833. The Morgan fingerprint density at radius 2 is 1.79 bits per heavy atom. The summed E-state index contributed by atoms with van der Waals surface area (Å²) >= 11 is 0. The highest BCUT2D eigenvalue weighted by Gasteiger charge is 2.63. The first kappa shape index (κ1) is 20.9. The molecule has 0 amide bonds. The van der Waals surface area contributed by atoms with Gasteiger partial charge in [-0.1, -0.05) is 18.6 Å². The van der Waals surface area contributed by atoms with Gasteiger partial charge in [-0.2, -0.15) is 0 Å². The molecule has 0 spiro atoms. The molecule has 29 heavy (non-hydrogen) atoms. The minimum Gasteiger partial charge on any atom is -0.465 e. The molecule has 4 aliphatic carbocycles. The van der Waals surface area contributed by atoms with E-state index >= 15 is 0 Å². The van der Waals surface area contributed by atoms with Crippen LogP contribution in [0.2, 0.25) is 0 Å². The summed E-state index contributed by atoms with van der Waals surface area (Å²) in [7, 11) is 0. The number of fused-ring (bicyclic) bond motifs is 5. The van der Waals surface area contributed by atoms with Crippen LogP contribution < -0.4 is 0 Å². The van der Waals surface area contributed by atoms with Gasteiger partial charge in [0.05, 0.1) is 5.60 Å². The molecule has 0 aromatic rings. The summed E-state index contributed by atoms with van der Waals surface area (Å²) in [4.78, 5) is 23.2. The molecule has 0 bridgehead atoms. The van der Waals surface area contributed by atoms with Crippen LogP contribution in [0, 0.1) is 28.6 Å². The second-order valence-electron chi connectivity index (χ2n) is 10.5. The van der Waals surface area contributed by atoms with E-state index in [1.54, 1.807) is 0 Å². The average Bonchev–Trinajstić information content (AvgIpc) is 2.89. The molecule has 162 valence electrons. The van der Waals surface area contributed by atoms with Crippen molar-refractivity contribution in [1.29, 1.82) is 0 Å². The van der Waals surface area contributed by atoms with E-state index in [0.717, 1.165) is 51.4 Å². The van der Waals surface area contributed by atoms with Crippen molar-refractivity contribution in [3.63, 3.8) is 0 Å². The van der Waals surface area contributed by atoms with Crippen LogP contribution in [-0.4, -0.2) is 35.4 Å². The second kappa shape index (κ2) is 7.11. The summed E-state index contributed by atoms with van der Waals surface area (Å²) in [6, 6.07) is 0. The first-order chi connectivity index (χ1) is 13.6. The largest absolute Gasteiger partial charge is 0.465 e. The van der Waals surface area contributed by atoms with E-state index in [2.05, 4.69) is 13.0 Å². The molecule has 0 aromatic heterocycles. The molecular weight excluding hydrogens is 368 g/mol. The van der Waals surface area contributed by atoms with Crippen molar-refractivity contribution in [2.45, 2.75) is 90.8 Å². The monoisotopic (exact) mass is 404 g/mol. The maximum absolute atomic E-state index is 11.7. The van der Waals surface area contributed by atoms with E-state index in [-0.39, 0.29) is 28.9 Å². The van der Waals surface area contributed by atoms with E-state index < -0.39 is 5.60 Å². The van der Waals surface area contributed by atoms with Crippen molar-refractivity contribution in [3.8, 4) is 0 Å². The van der Waals surface area contributed by atoms with Crippen LogP contribution in [0.5, 0.6) is 0 Å². The average molecular weight is 405 g/mol. The van der Waals surface area contributed by atoms with Crippen LogP contribution in [0.3, 0.4) is 0 Å². The van der Waals surface area contributed by atoms with Gasteiger partial charge < -0.3 is 14.6 Å². The Morgan fingerprint density at radius 3 is 2.48 bits per heavy atom. The number of ether oxygens (including phenoxy) is 2. The van der Waals surface area contributed by atoms with E-state index in [1.165, 1.54) is 19.4 Å². The summed E-state index contributed by atoms with van der Waals surface area (Å²) in [5, 5.41) is 11.1. The van der Waals surface area contributed by atoms with Crippen LogP contribution >= 0.6 is 0 Å². The molecule has 0 saturated heterocycles. The van der Waals surface area contributed by atoms with Crippen molar-refractivity contribution in [3.05, 3.63) is 11.6 Å². The molecule has 3 fully saturated rings. The number of esters is 2. The topological polar surface area (TPSA) is 72.8 Å². The second-order valence-corrected chi connectivity index (χ2v) is 10.5. The van der Waals surface area contributed by atoms with Crippen LogP contribution in [0.15, 0.2) is 11.6 Å². The fourth-order valence-electron chi connectivity index (χ4n) is 7.50. The molecular formula is C24H36O5. The third-order valence-electron chi connectivity index (χ3n) is 9.21. The summed E-state index contributed by atoms with van der Waals surface area (Å²) in [6.07, 6.45) is 9.81. The Balaban J connectivity index is 1.66. The highest BCUT2D eigenvalue weighted by atomic mass is 16.5. The van der Waals surface area contributed by atoms with Gasteiger partial charge in [0, 0.05) is 25.7 Å². The summed E-state index contributed by atoms with van der Waals surface area (Å²) in [6.45, 7) is 7.70. The number of carbonyl (C=O) groups is 2. The number of hydrogen-bond acceptors (Lipinski definition) is 5. The maximum Gasteiger partial charge on any atom is 0.302 e. The summed E-state index contributed by atoms with van der Waals surface area (Å²) < 4.78 is 11.2. The third-order valence-corrected chi connectivity index (χ3v) is 9.21. The molecule has 0 aliphatic heterocycles. The first-order valence-corrected chi connectivity index (χ1v) is 11.3. The van der Waals surface area contributed by atoms with Crippen LogP contribution in [0.1, 0.15) is 79.1 Å². The van der Waals surface area contributed by atoms with Gasteiger partial charge in [0.15, 0.2) is 0 Å². The van der Waals surface area contributed by atoms with Gasteiger partial charge >= 0.3 is 11.9 Å². The molecule has 4 rings (SSSR count). The molecule has 0 heterocycles. The predicted molar refractivity (Wildman–Crippen MR) is 109 cm³/mol. The summed E-state index contributed by atoms with van der Waals surface area (Å²) in [5.41, 5.74) is 0.562. The first-order valence-electron chi connectivity index (χ1n) is 11.3. The SMILES string of the molecule is CC(=O)OC[C@]12CC[C@H](OC(C)=O)CC1=CC[C@@H]1[C@@H]2CC[C@@]2(C)[C@H]1CC[C@]2(C)O. The highest BCUT2D eigenvalue weighted by Crippen LogP contribution is 2.67. The number of allylic oxidation sites excluding steroid dienone is 1. The van der Waals surface area contributed by atoms with Crippen molar-refractivity contribution < 1.29 is 24.2 Å². The number of hydrogen-bond donors (Lipinski definition) is 1. The molecule has 7 atom stereocenters. The van der Waals surface area contributed by atoms with E-state index in [0.29, 0.717) is 24.4 Å². The Kier molecular flexibility index (Phi) is 5.12. The van der Waals surface area contributed by atoms with Gasteiger partial charge in [-0.15, -0.1) is 0 Å². The highest BCUT2D eigenvalue weighted by molar-refractivity contribution is 5.66. The molecule has 4 aliphatic rings. The summed E-state index contributed by atoms with van der Waals surface area (Å²) in [5.74, 6) is 1.04. The zero-order valence-corrected chi connectivity index (χ0v) is 18.3. The lowest BCUT2D eigenvalue weighted by Crippen LogP contribution is -2.55. The zero-order chi connectivity index (χ0) is 21.0. The Bertz CT molecular complexity index is 725. The molecule has 3 saturated carbocycles. The number of aliphatic hydroxyl groups is 1. The van der Waals surface area contributed by atoms with Crippen molar-refractivity contribution in [2.24, 2.45) is 28.6 Å². The zero-order valence-electron chi connectivity index (χ0n) is 18.3. The van der Waals surface area contributed by atoms with Crippen molar-refractivity contribution in [2.75, 3.05) is 6.61 Å². The lowest BCUT2D eigenvalue weighted by molar-refractivity contribution is -0.156. The van der Waals surface area contributed by atoms with Crippen LogP contribution in [0.25, 0.3) is 0 Å². The quantitative estimate of drug-likeness (QED) is 0.564. The van der Waals surface area contributed by atoms with Crippen molar-refractivity contribution in [1.82, 2.24) is 0 Å². The van der Waals surface area contributed by atoms with Gasteiger partial charge in [-0.25, -0.2) is 0 Å². The van der Waals surface area contributed by atoms with Gasteiger partial charge in [-0.05, 0) is 75.0 Å². The normalized spacial score (nSPS) is 46.0.